The van der Waals surface area contributed by atoms with E-state index in [-0.39, 0.29) is 11.7 Å². The van der Waals surface area contributed by atoms with Gasteiger partial charge in [0.05, 0.1) is 0 Å². The number of benzene rings is 2. The third-order valence-electron chi connectivity index (χ3n) is 5.04. The highest BCUT2D eigenvalue weighted by molar-refractivity contribution is 5.91. The van der Waals surface area contributed by atoms with Gasteiger partial charge in [0, 0.05) is 24.6 Å². The Hall–Kier alpha value is -2.62. The number of amides is 1. The summed E-state index contributed by atoms with van der Waals surface area (Å²) in [4.78, 5) is 11.6. The van der Waals surface area contributed by atoms with E-state index in [0.29, 0.717) is 0 Å². The summed E-state index contributed by atoms with van der Waals surface area (Å²) in [6, 6.07) is 6.38. The molecule has 0 aromatic heterocycles. The van der Waals surface area contributed by atoms with Gasteiger partial charge in [-0.05, 0) is 68.2 Å². The Balaban J connectivity index is 1.94. The molecule has 3 rings (SSSR count). The van der Waals surface area contributed by atoms with Crippen LogP contribution < -0.4 is 10.1 Å². The highest BCUT2D eigenvalue weighted by Crippen LogP contribution is 2.45. The molecule has 2 aromatic carbocycles. The summed E-state index contributed by atoms with van der Waals surface area (Å²) in [5.74, 6) is 0.582. The van der Waals surface area contributed by atoms with Crippen LogP contribution in [0.25, 0.3) is 6.08 Å². The van der Waals surface area contributed by atoms with Crippen LogP contribution in [0.5, 0.6) is 5.75 Å². The zero-order valence-electron chi connectivity index (χ0n) is 15.9. The molecular weight excluding hydrogens is 329 g/mol. The van der Waals surface area contributed by atoms with Crippen molar-refractivity contribution in [3.05, 3.63) is 64.0 Å². The highest BCUT2D eigenvalue weighted by Gasteiger charge is 2.36. The number of anilines is 1. The average Bonchev–Trinajstić information content (AvgIpc) is 2.95. The van der Waals surface area contributed by atoms with Crippen molar-refractivity contribution in [2.75, 3.05) is 5.32 Å². The standard InChI is InChI=1S/C22H24FNO2/c1-13-14(2)21-19(15(3)20(13)24-16(4)25)12-22(5,26-21)11-10-17-6-8-18(23)9-7-17/h6-11H,12H2,1-5H3,(H,24,25)/b11-10-. The summed E-state index contributed by atoms with van der Waals surface area (Å²) in [6.45, 7) is 9.61. The molecule has 0 fully saturated rings. The second kappa shape index (κ2) is 6.60. The van der Waals surface area contributed by atoms with E-state index >= 15 is 0 Å². The predicted molar refractivity (Wildman–Crippen MR) is 103 cm³/mol. The van der Waals surface area contributed by atoms with Gasteiger partial charge in [-0.1, -0.05) is 18.2 Å². The summed E-state index contributed by atoms with van der Waals surface area (Å²) >= 11 is 0. The Labute approximate surface area is 153 Å². The van der Waals surface area contributed by atoms with E-state index in [1.807, 2.05) is 39.8 Å². The number of rotatable bonds is 3. The van der Waals surface area contributed by atoms with Crippen LogP contribution in [0.15, 0.2) is 30.3 Å². The first kappa shape index (κ1) is 18.2. The fraction of sp³-hybridized carbons (Fsp3) is 0.318. The number of carbonyl (C=O) groups excluding carboxylic acids is 1. The van der Waals surface area contributed by atoms with Crippen molar-refractivity contribution >= 4 is 17.7 Å². The summed E-state index contributed by atoms with van der Waals surface area (Å²) in [5.41, 5.74) is 5.59. The Morgan fingerprint density at radius 1 is 1.15 bits per heavy atom. The second-order valence-electron chi connectivity index (χ2n) is 7.22. The van der Waals surface area contributed by atoms with E-state index in [1.54, 1.807) is 12.1 Å². The third-order valence-corrected chi connectivity index (χ3v) is 5.04. The first-order valence-electron chi connectivity index (χ1n) is 8.74. The summed E-state index contributed by atoms with van der Waals surface area (Å²) in [6.07, 6.45) is 4.70. The van der Waals surface area contributed by atoms with Crippen molar-refractivity contribution in [3.63, 3.8) is 0 Å². The van der Waals surface area contributed by atoms with Crippen LogP contribution in [0.4, 0.5) is 10.1 Å². The molecule has 1 heterocycles. The van der Waals surface area contributed by atoms with Crippen molar-refractivity contribution in [1.82, 2.24) is 0 Å². The van der Waals surface area contributed by atoms with E-state index in [4.69, 9.17) is 4.74 Å². The molecule has 26 heavy (non-hydrogen) atoms. The van der Waals surface area contributed by atoms with Gasteiger partial charge in [0.25, 0.3) is 0 Å². The van der Waals surface area contributed by atoms with Gasteiger partial charge in [-0.2, -0.15) is 0 Å². The summed E-state index contributed by atoms with van der Waals surface area (Å²) in [5, 5.41) is 2.95. The molecule has 1 aliphatic heterocycles. The van der Waals surface area contributed by atoms with Gasteiger partial charge in [-0.25, -0.2) is 4.39 Å². The minimum Gasteiger partial charge on any atom is -0.483 e. The maximum Gasteiger partial charge on any atom is 0.221 e. The van der Waals surface area contributed by atoms with Gasteiger partial charge >= 0.3 is 0 Å². The minimum atomic E-state index is -0.479. The zero-order chi connectivity index (χ0) is 19.1. The second-order valence-corrected chi connectivity index (χ2v) is 7.22. The maximum absolute atomic E-state index is 13.1. The predicted octanol–water partition coefficient (Wildman–Crippen LogP) is 5.12. The monoisotopic (exact) mass is 353 g/mol. The molecule has 1 unspecified atom stereocenters. The molecule has 2 aromatic rings. The van der Waals surface area contributed by atoms with Crippen LogP contribution in [0.2, 0.25) is 0 Å². The zero-order valence-corrected chi connectivity index (χ0v) is 15.9. The molecule has 0 aliphatic carbocycles. The quantitative estimate of drug-likeness (QED) is 0.832. The molecule has 1 amide bonds. The van der Waals surface area contributed by atoms with E-state index in [2.05, 4.69) is 5.32 Å². The topological polar surface area (TPSA) is 38.3 Å². The van der Waals surface area contributed by atoms with E-state index in [1.165, 1.54) is 19.1 Å². The molecule has 0 radical (unpaired) electrons. The van der Waals surface area contributed by atoms with Gasteiger partial charge in [-0.15, -0.1) is 0 Å². The van der Waals surface area contributed by atoms with Gasteiger partial charge in [0.2, 0.25) is 5.91 Å². The number of ether oxygens (including phenoxy) is 1. The lowest BCUT2D eigenvalue weighted by atomic mass is 9.91. The van der Waals surface area contributed by atoms with Gasteiger partial charge in [0.1, 0.15) is 17.2 Å². The smallest absolute Gasteiger partial charge is 0.221 e. The van der Waals surface area contributed by atoms with Gasteiger partial charge in [-0.3, -0.25) is 4.79 Å². The maximum atomic E-state index is 13.1. The van der Waals surface area contributed by atoms with Crippen LogP contribution in [-0.4, -0.2) is 11.5 Å². The van der Waals surface area contributed by atoms with E-state index in [9.17, 15) is 9.18 Å². The Morgan fingerprint density at radius 2 is 1.81 bits per heavy atom. The largest absolute Gasteiger partial charge is 0.483 e. The first-order valence-corrected chi connectivity index (χ1v) is 8.74. The molecule has 0 saturated heterocycles. The molecule has 136 valence electrons. The number of fused-ring (bicyclic) bond motifs is 1. The average molecular weight is 353 g/mol. The lowest BCUT2D eigenvalue weighted by Crippen LogP contribution is -2.27. The van der Waals surface area contributed by atoms with Gasteiger partial charge in [0.15, 0.2) is 0 Å². The fourth-order valence-corrected chi connectivity index (χ4v) is 3.46. The molecule has 0 spiro atoms. The molecule has 1 atom stereocenters. The van der Waals surface area contributed by atoms with Crippen molar-refractivity contribution in [2.24, 2.45) is 0 Å². The molecular formula is C22H24FNO2. The van der Waals surface area contributed by atoms with Crippen LogP contribution in [-0.2, 0) is 11.2 Å². The Kier molecular flexibility index (Phi) is 4.61. The highest BCUT2D eigenvalue weighted by atomic mass is 19.1. The van der Waals surface area contributed by atoms with Crippen LogP contribution >= 0.6 is 0 Å². The molecule has 0 bridgehead atoms. The minimum absolute atomic E-state index is 0.0755. The number of hydrogen-bond acceptors (Lipinski definition) is 2. The van der Waals surface area contributed by atoms with Crippen molar-refractivity contribution < 1.29 is 13.9 Å². The third kappa shape index (κ3) is 3.36. The number of carbonyl (C=O) groups is 1. The normalized spacial score (nSPS) is 18.7. The Bertz CT molecular complexity index is 900. The number of halogens is 1. The molecule has 1 N–H and O–H groups in total. The molecule has 0 saturated carbocycles. The van der Waals surface area contributed by atoms with E-state index < -0.39 is 5.60 Å². The summed E-state index contributed by atoms with van der Waals surface area (Å²) < 4.78 is 19.4. The summed E-state index contributed by atoms with van der Waals surface area (Å²) in [7, 11) is 0. The fourth-order valence-electron chi connectivity index (χ4n) is 3.46. The van der Waals surface area contributed by atoms with Crippen LogP contribution in [0, 0.1) is 26.6 Å². The Morgan fingerprint density at radius 3 is 2.42 bits per heavy atom. The van der Waals surface area contributed by atoms with Crippen molar-refractivity contribution in [2.45, 2.75) is 46.6 Å². The molecule has 4 heteroatoms. The van der Waals surface area contributed by atoms with Crippen LogP contribution in [0.1, 0.15) is 41.7 Å². The van der Waals surface area contributed by atoms with Gasteiger partial charge < -0.3 is 10.1 Å². The van der Waals surface area contributed by atoms with Crippen molar-refractivity contribution in [1.29, 1.82) is 0 Å². The lowest BCUT2D eigenvalue weighted by Gasteiger charge is -2.20. The molecule has 3 nitrogen and oxygen atoms in total. The van der Waals surface area contributed by atoms with Crippen LogP contribution in [0.3, 0.4) is 0 Å². The SMILES string of the molecule is CC(=O)Nc1c(C)c(C)c2c(c1C)CC(C)(/C=C\c1ccc(F)cc1)O2. The molecule has 1 aliphatic rings. The first-order chi connectivity index (χ1) is 12.2. The van der Waals surface area contributed by atoms with Crippen molar-refractivity contribution in [3.8, 4) is 5.75 Å². The lowest BCUT2D eigenvalue weighted by molar-refractivity contribution is -0.114. The number of hydrogen-bond donors (Lipinski definition) is 1. The number of nitrogens with one attached hydrogen (secondary N) is 1. The van der Waals surface area contributed by atoms with E-state index in [0.717, 1.165) is 45.7 Å².